The highest BCUT2D eigenvalue weighted by atomic mass is 35.5. The molecule has 1 saturated carbocycles. The lowest BCUT2D eigenvalue weighted by molar-refractivity contribution is 0.229. The highest BCUT2D eigenvalue weighted by Gasteiger charge is 2.39. The first-order valence-electron chi connectivity index (χ1n) is 8.41. The third kappa shape index (κ3) is 3.30. The zero-order valence-electron chi connectivity index (χ0n) is 14.8. The highest BCUT2D eigenvalue weighted by molar-refractivity contribution is 5.85. The number of benzene rings is 1. The van der Waals surface area contributed by atoms with Crippen LogP contribution in [0.1, 0.15) is 25.1 Å². The third-order valence-electron chi connectivity index (χ3n) is 4.82. The van der Waals surface area contributed by atoms with Crippen molar-refractivity contribution in [3.05, 3.63) is 48.5 Å². The van der Waals surface area contributed by atoms with Crippen LogP contribution in [0.3, 0.4) is 0 Å². The van der Waals surface area contributed by atoms with Crippen molar-refractivity contribution < 1.29 is 4.52 Å². The molecule has 0 amide bonds. The Morgan fingerprint density at radius 2 is 1.73 bits per heavy atom. The summed E-state index contributed by atoms with van der Waals surface area (Å²) in [5, 5.41) is 4.08. The Morgan fingerprint density at radius 1 is 1.04 bits per heavy atom. The highest BCUT2D eigenvalue weighted by Crippen LogP contribution is 2.37. The van der Waals surface area contributed by atoms with Crippen molar-refractivity contribution >= 4 is 18.1 Å². The molecule has 1 aliphatic rings. The molecule has 2 N–H and O–H groups in total. The summed E-state index contributed by atoms with van der Waals surface area (Å²) in [6, 6.07) is 10.3. The zero-order valence-corrected chi connectivity index (χ0v) is 15.7. The summed E-state index contributed by atoms with van der Waals surface area (Å²) in [7, 11) is 4.05. The van der Waals surface area contributed by atoms with E-state index in [4.69, 9.17) is 10.3 Å². The fourth-order valence-corrected chi connectivity index (χ4v) is 2.99. The van der Waals surface area contributed by atoms with E-state index in [1.54, 1.807) is 6.20 Å². The van der Waals surface area contributed by atoms with Gasteiger partial charge in [-0.25, -0.2) is 0 Å². The van der Waals surface area contributed by atoms with E-state index in [1.807, 2.05) is 26.4 Å². The molecule has 0 saturated heterocycles. The number of pyridine rings is 1. The second-order valence-corrected chi connectivity index (χ2v) is 6.84. The molecule has 0 bridgehead atoms. The van der Waals surface area contributed by atoms with Gasteiger partial charge in [0.05, 0.1) is 11.1 Å². The molecule has 2 aromatic heterocycles. The minimum absolute atomic E-state index is 0. The maximum absolute atomic E-state index is 6.27. The van der Waals surface area contributed by atoms with Crippen LogP contribution >= 0.6 is 12.4 Å². The van der Waals surface area contributed by atoms with Crippen molar-refractivity contribution in [1.29, 1.82) is 0 Å². The maximum Gasteiger partial charge on any atom is 0.259 e. The molecule has 0 spiro atoms. The number of rotatable bonds is 4. The molecule has 1 aromatic carbocycles. The molecule has 3 aromatic rings. The summed E-state index contributed by atoms with van der Waals surface area (Å²) in [6.45, 7) is 0. The minimum Gasteiger partial charge on any atom is -0.378 e. The Hall–Kier alpha value is -2.44. The average molecular weight is 372 g/mol. The largest absolute Gasteiger partial charge is 0.378 e. The molecule has 136 valence electrons. The minimum atomic E-state index is -0.422. The van der Waals surface area contributed by atoms with Gasteiger partial charge in [0.25, 0.3) is 5.89 Å². The molecule has 0 unspecified atom stereocenters. The van der Waals surface area contributed by atoms with Crippen LogP contribution in [0, 0.1) is 0 Å². The second kappa shape index (κ2) is 7.05. The number of halogens is 1. The van der Waals surface area contributed by atoms with Crippen LogP contribution in [0.4, 0.5) is 5.69 Å². The van der Waals surface area contributed by atoms with Gasteiger partial charge in [0, 0.05) is 37.7 Å². The first-order chi connectivity index (χ1) is 12.0. The van der Waals surface area contributed by atoms with E-state index < -0.39 is 5.54 Å². The van der Waals surface area contributed by atoms with Crippen LogP contribution < -0.4 is 10.6 Å². The predicted octanol–water partition coefficient (Wildman–Crippen LogP) is 3.62. The quantitative estimate of drug-likeness (QED) is 0.754. The van der Waals surface area contributed by atoms with Crippen LogP contribution in [0.15, 0.2) is 47.2 Å². The summed E-state index contributed by atoms with van der Waals surface area (Å²) in [5.41, 5.74) is 9.91. The number of aromatic nitrogens is 3. The van der Waals surface area contributed by atoms with Crippen LogP contribution in [0.2, 0.25) is 0 Å². The molecule has 4 rings (SSSR count). The van der Waals surface area contributed by atoms with E-state index in [0.717, 1.165) is 41.6 Å². The fraction of sp³-hybridized carbons (Fsp3) is 0.316. The van der Waals surface area contributed by atoms with E-state index in [9.17, 15) is 0 Å². The lowest BCUT2D eigenvalue weighted by Crippen LogP contribution is -2.44. The Balaban J connectivity index is 0.00000196. The molecule has 1 aliphatic carbocycles. The molecule has 7 heteroatoms. The number of anilines is 1. The van der Waals surface area contributed by atoms with E-state index in [1.165, 1.54) is 0 Å². The first-order valence-corrected chi connectivity index (χ1v) is 8.41. The molecule has 1 fully saturated rings. The molecule has 0 aliphatic heterocycles. The number of hydrogen-bond acceptors (Lipinski definition) is 6. The lowest BCUT2D eigenvalue weighted by atomic mass is 9.77. The standard InChI is InChI=1S/C19H21N5O.ClH/c1-24(2)16-6-4-13(5-7-16)14-10-15(12-21-11-14)17-22-18(23-25-17)19(20)8-3-9-19;/h4-7,10-12H,3,8-9,20H2,1-2H3;1H. The normalized spacial score (nSPS) is 15.0. The van der Waals surface area contributed by atoms with Gasteiger partial charge < -0.3 is 15.2 Å². The van der Waals surface area contributed by atoms with Gasteiger partial charge in [-0.1, -0.05) is 17.3 Å². The van der Waals surface area contributed by atoms with Gasteiger partial charge in [-0.05, 0) is 43.0 Å². The number of nitrogens with zero attached hydrogens (tertiary/aromatic N) is 4. The SMILES string of the molecule is CN(C)c1ccc(-c2cncc(-c3nc(C4(N)CCC4)no3)c2)cc1.Cl. The third-order valence-corrected chi connectivity index (χ3v) is 4.82. The van der Waals surface area contributed by atoms with E-state index in [-0.39, 0.29) is 12.4 Å². The topological polar surface area (TPSA) is 81.1 Å². The van der Waals surface area contributed by atoms with Crippen molar-refractivity contribution in [1.82, 2.24) is 15.1 Å². The van der Waals surface area contributed by atoms with Gasteiger partial charge in [-0.3, -0.25) is 4.98 Å². The van der Waals surface area contributed by atoms with Gasteiger partial charge in [0.15, 0.2) is 5.82 Å². The molecular weight excluding hydrogens is 350 g/mol. The lowest BCUT2D eigenvalue weighted by Gasteiger charge is -2.34. The van der Waals surface area contributed by atoms with Gasteiger partial charge >= 0.3 is 0 Å². The van der Waals surface area contributed by atoms with Gasteiger partial charge in [0.2, 0.25) is 0 Å². The Morgan fingerprint density at radius 3 is 2.35 bits per heavy atom. The summed E-state index contributed by atoms with van der Waals surface area (Å²) < 4.78 is 5.43. The molecule has 26 heavy (non-hydrogen) atoms. The summed E-state index contributed by atoms with van der Waals surface area (Å²) >= 11 is 0. The summed E-state index contributed by atoms with van der Waals surface area (Å²) in [4.78, 5) is 10.9. The average Bonchev–Trinajstić information content (AvgIpc) is 3.10. The van der Waals surface area contributed by atoms with Crippen molar-refractivity contribution in [3.8, 4) is 22.6 Å². The zero-order chi connectivity index (χ0) is 17.4. The maximum atomic E-state index is 6.27. The Labute approximate surface area is 158 Å². The first kappa shape index (κ1) is 18.4. The van der Waals surface area contributed by atoms with E-state index in [0.29, 0.717) is 11.7 Å². The second-order valence-electron chi connectivity index (χ2n) is 6.84. The molecule has 6 nitrogen and oxygen atoms in total. The van der Waals surface area contributed by atoms with Crippen LogP contribution in [-0.4, -0.2) is 29.2 Å². The van der Waals surface area contributed by atoms with Crippen molar-refractivity contribution in [3.63, 3.8) is 0 Å². The van der Waals surface area contributed by atoms with E-state index >= 15 is 0 Å². The van der Waals surface area contributed by atoms with Crippen molar-refractivity contribution in [2.24, 2.45) is 5.73 Å². The molecule has 0 atom stereocenters. The predicted molar refractivity (Wildman–Crippen MR) is 104 cm³/mol. The van der Waals surface area contributed by atoms with Crippen LogP contribution in [0.5, 0.6) is 0 Å². The monoisotopic (exact) mass is 371 g/mol. The van der Waals surface area contributed by atoms with Crippen LogP contribution in [-0.2, 0) is 5.54 Å². The number of hydrogen-bond donors (Lipinski definition) is 1. The fourth-order valence-electron chi connectivity index (χ4n) is 2.99. The molecular formula is C19H22ClN5O. The van der Waals surface area contributed by atoms with E-state index in [2.05, 4.69) is 44.3 Å². The Bertz CT molecular complexity index is 887. The molecule has 2 heterocycles. The number of nitrogens with two attached hydrogens (primary N) is 1. The summed E-state index contributed by atoms with van der Waals surface area (Å²) in [5.74, 6) is 1.06. The summed E-state index contributed by atoms with van der Waals surface area (Å²) in [6.07, 6.45) is 6.49. The van der Waals surface area contributed by atoms with Crippen LogP contribution in [0.25, 0.3) is 22.6 Å². The molecule has 0 radical (unpaired) electrons. The van der Waals surface area contributed by atoms with Gasteiger partial charge in [-0.15, -0.1) is 12.4 Å². The van der Waals surface area contributed by atoms with Crippen molar-refractivity contribution in [2.45, 2.75) is 24.8 Å². The van der Waals surface area contributed by atoms with Gasteiger partial charge in [0.1, 0.15) is 0 Å². The van der Waals surface area contributed by atoms with Crippen molar-refractivity contribution in [2.75, 3.05) is 19.0 Å². The smallest absolute Gasteiger partial charge is 0.259 e. The Kier molecular flexibility index (Phi) is 4.98. The van der Waals surface area contributed by atoms with Gasteiger partial charge in [-0.2, -0.15) is 4.98 Å².